The number of benzene rings is 3. The van der Waals surface area contributed by atoms with E-state index >= 15 is 0 Å². The quantitative estimate of drug-likeness (QED) is 0.111. The van der Waals surface area contributed by atoms with Gasteiger partial charge in [0.1, 0.15) is 0 Å². The van der Waals surface area contributed by atoms with Gasteiger partial charge >= 0.3 is 35.2 Å². The topological polar surface area (TPSA) is 179 Å². The Hall–Kier alpha value is -7.63. The van der Waals surface area contributed by atoms with Crippen LogP contribution in [0.2, 0.25) is 26.2 Å². The van der Waals surface area contributed by atoms with E-state index in [4.69, 9.17) is 59.7 Å². The number of terminal acetylenes is 2. The SMILES string of the molecule is C.C#CC#CC#CC#CC#CC#CC#CC#CC#CC#CC#CC#CC#C.C[Si](O)(O)O.C[Si](O)(O)O[Si](C)(O)O.C[Si](OCc1ccccc1)(OCc1ccccc1)OCc1ccccc1.[HH]. The molecule has 7 N–H and O–H groups in total. The van der Waals surface area contributed by atoms with Crippen molar-refractivity contribution in [1.82, 2.24) is 0 Å². The van der Waals surface area contributed by atoms with Gasteiger partial charge in [0, 0.05) is 75.0 Å². The standard InChI is InChI=1S/C26H2.C22H24O3Si.C2H10O5Si2.CH6O3Si.CH4.H2/c1-3-5-7-9-11-13-15-17-19-21-23-25-26-24-22-20-18-16-14-12-10-8-6-4-2;1-26(23-17-20-11-5-2-6-12-20,24-18-21-13-7-3-8-14-21)25-19-22-15-9-4-10-16-22;1-8(3,4)7-9(2,5)6;1-5(2,3)4;;/h1-2H;2-16H,17-19H2,1H3;3-6H,1-2H3;2-4H,1H3;1H4;1H. The molecule has 0 aliphatic carbocycles. The summed E-state index contributed by atoms with van der Waals surface area (Å²) in [7, 11) is -13.9. The predicted molar refractivity (Wildman–Crippen MR) is 269 cm³/mol. The lowest BCUT2D eigenvalue weighted by molar-refractivity contribution is 0.0492. The van der Waals surface area contributed by atoms with Crippen molar-refractivity contribution in [2.45, 2.75) is 53.4 Å². The molecule has 3 rings (SSSR count). The van der Waals surface area contributed by atoms with Crippen LogP contribution in [0.5, 0.6) is 0 Å². The van der Waals surface area contributed by atoms with Crippen LogP contribution in [-0.4, -0.2) is 68.8 Å². The van der Waals surface area contributed by atoms with Gasteiger partial charge in [-0.1, -0.05) is 98.4 Å². The van der Waals surface area contributed by atoms with E-state index in [1.807, 2.05) is 97.5 Å². The highest BCUT2D eigenvalue weighted by Crippen LogP contribution is 2.18. The minimum atomic E-state index is -3.73. The summed E-state index contributed by atoms with van der Waals surface area (Å²) in [6.45, 7) is 6.46. The van der Waals surface area contributed by atoms with Crippen LogP contribution in [0.1, 0.15) is 25.5 Å². The van der Waals surface area contributed by atoms with Crippen molar-refractivity contribution in [2.75, 3.05) is 0 Å². The maximum Gasteiger partial charge on any atom is 0.498 e. The minimum absolute atomic E-state index is 0. The van der Waals surface area contributed by atoms with E-state index in [-0.39, 0.29) is 8.85 Å². The van der Waals surface area contributed by atoms with Crippen molar-refractivity contribution < 1.29 is 52.4 Å². The highest BCUT2D eigenvalue weighted by Gasteiger charge is 2.37. The summed E-state index contributed by atoms with van der Waals surface area (Å²) in [6.07, 6.45) is 9.82. The molecule has 0 aromatic heterocycles. The van der Waals surface area contributed by atoms with Gasteiger partial charge in [0.25, 0.3) is 0 Å². The third-order valence-electron chi connectivity index (χ3n) is 5.88. The van der Waals surface area contributed by atoms with Crippen LogP contribution in [0.15, 0.2) is 91.0 Å². The van der Waals surface area contributed by atoms with Crippen molar-refractivity contribution in [3.05, 3.63) is 108 Å². The highest BCUT2D eigenvalue weighted by atomic mass is 28.5. The minimum Gasteiger partial charge on any atom is -0.390 e. The second kappa shape index (κ2) is 37.7. The Morgan fingerprint density at radius 3 is 0.701 bits per heavy atom. The predicted octanol–water partition coefficient (Wildman–Crippen LogP) is 3.02. The Labute approximate surface area is 401 Å². The molecule has 0 amide bonds. The molecule has 0 radical (unpaired) electrons. The van der Waals surface area contributed by atoms with Gasteiger partial charge < -0.3 is 51.0 Å². The van der Waals surface area contributed by atoms with Gasteiger partial charge in [0.05, 0.1) is 19.8 Å². The average molecular weight is 961 g/mol. The number of hydrogen-bond acceptors (Lipinski definition) is 11. The van der Waals surface area contributed by atoms with Crippen LogP contribution in [0.25, 0.3) is 0 Å². The lowest BCUT2D eigenvalue weighted by Crippen LogP contribution is -2.49. The summed E-state index contributed by atoms with van der Waals surface area (Å²) in [4.78, 5) is 57.5. The van der Waals surface area contributed by atoms with E-state index in [0.717, 1.165) is 36.3 Å². The molecular weight excluding hydrogens is 913 g/mol. The van der Waals surface area contributed by atoms with Gasteiger partial charge in [-0.25, -0.2) is 0 Å². The Kier molecular flexibility index (Phi) is 34.6. The van der Waals surface area contributed by atoms with Crippen molar-refractivity contribution in [3.8, 4) is 155 Å². The van der Waals surface area contributed by atoms with Gasteiger partial charge in [0.2, 0.25) is 0 Å². The van der Waals surface area contributed by atoms with Crippen LogP contribution in [0.4, 0.5) is 0 Å². The first-order valence-corrected chi connectivity index (χ1v) is 27.7. The van der Waals surface area contributed by atoms with Gasteiger partial charge in [0.15, 0.2) is 0 Å². The van der Waals surface area contributed by atoms with Crippen molar-refractivity contribution >= 4 is 35.2 Å². The lowest BCUT2D eigenvalue weighted by atomic mass is 10.2. The van der Waals surface area contributed by atoms with Crippen molar-refractivity contribution in [2.24, 2.45) is 0 Å². The summed E-state index contributed by atoms with van der Waals surface area (Å²) in [5.41, 5.74) is 3.33. The third-order valence-corrected chi connectivity index (χ3v) is 11.0. The first kappa shape index (κ1) is 61.5. The van der Waals surface area contributed by atoms with E-state index in [1.165, 1.54) is 0 Å². The molecule has 0 heterocycles. The van der Waals surface area contributed by atoms with Crippen molar-refractivity contribution in [1.29, 1.82) is 0 Å². The third kappa shape index (κ3) is 46.2. The summed E-state index contributed by atoms with van der Waals surface area (Å²) in [5.74, 6) is 58.2. The number of hydrogen-bond donors (Lipinski definition) is 7. The zero-order chi connectivity index (χ0) is 49.3. The molecule has 11 nitrogen and oxygen atoms in total. The molecule has 0 atom stereocenters. The Morgan fingerprint density at radius 2 is 0.552 bits per heavy atom. The normalized spacial score (nSPS) is 8.67. The molecular formula is C52H48O11Si4. The van der Waals surface area contributed by atoms with Gasteiger partial charge in [-0.3, -0.25) is 0 Å². The maximum atomic E-state index is 8.54. The zero-order valence-corrected chi connectivity index (χ0v) is 40.2. The average Bonchev–Trinajstić information content (AvgIpc) is 3.26. The molecule has 0 aliphatic rings. The molecule has 15 heteroatoms. The summed E-state index contributed by atoms with van der Waals surface area (Å²) < 4.78 is 22.6. The molecule has 338 valence electrons. The molecule has 0 saturated heterocycles. The molecule has 0 bridgehead atoms. The monoisotopic (exact) mass is 960 g/mol. The van der Waals surface area contributed by atoms with Gasteiger partial charge in [-0.15, -0.1) is 12.8 Å². The second-order valence-electron chi connectivity index (χ2n) is 12.2. The Bertz CT molecular complexity index is 2570. The first-order chi connectivity index (χ1) is 31.4. The first-order valence-electron chi connectivity index (χ1n) is 18.6. The largest absolute Gasteiger partial charge is 0.498 e. The summed E-state index contributed by atoms with van der Waals surface area (Å²) in [6, 6.07) is 30.3. The smallest absolute Gasteiger partial charge is 0.390 e. The van der Waals surface area contributed by atoms with Crippen molar-refractivity contribution in [3.63, 3.8) is 0 Å². The van der Waals surface area contributed by atoms with E-state index in [9.17, 15) is 0 Å². The summed E-state index contributed by atoms with van der Waals surface area (Å²) >= 11 is 0. The van der Waals surface area contributed by atoms with E-state index in [0.29, 0.717) is 19.8 Å². The molecule has 3 aromatic carbocycles. The lowest BCUT2D eigenvalue weighted by Gasteiger charge is -2.26. The fraction of sp³-hybridized carbons (Fsp3) is 0.154. The molecule has 0 saturated carbocycles. The van der Waals surface area contributed by atoms with E-state index in [1.54, 1.807) is 0 Å². The zero-order valence-electron chi connectivity index (χ0n) is 36.2. The molecule has 0 aliphatic heterocycles. The maximum absolute atomic E-state index is 8.54. The molecule has 0 spiro atoms. The second-order valence-corrected chi connectivity index (χ2v) is 21.2. The van der Waals surface area contributed by atoms with Crippen LogP contribution in [-0.2, 0) is 37.2 Å². The Balaban J connectivity index is -0.000000950. The highest BCUT2D eigenvalue weighted by molar-refractivity contribution is 6.70. The summed E-state index contributed by atoms with van der Waals surface area (Å²) in [5, 5.41) is 0. The Morgan fingerprint density at radius 1 is 0.373 bits per heavy atom. The fourth-order valence-electron chi connectivity index (χ4n) is 3.55. The van der Waals surface area contributed by atoms with Crippen LogP contribution in [0.3, 0.4) is 0 Å². The molecule has 0 fully saturated rings. The van der Waals surface area contributed by atoms with Crippen LogP contribution in [0, 0.1) is 155 Å². The van der Waals surface area contributed by atoms with Crippen LogP contribution >= 0.6 is 0 Å². The van der Waals surface area contributed by atoms with E-state index < -0.39 is 35.2 Å². The molecule has 3 aromatic rings. The van der Waals surface area contributed by atoms with Gasteiger partial charge in [-0.05, 0) is 111 Å². The number of rotatable bonds is 11. The van der Waals surface area contributed by atoms with Crippen LogP contribution < -0.4 is 0 Å². The molecule has 0 unspecified atom stereocenters. The fourth-order valence-corrected chi connectivity index (χ4v) is 8.02. The van der Waals surface area contributed by atoms with E-state index in [2.05, 4.69) is 146 Å². The van der Waals surface area contributed by atoms with Gasteiger partial charge in [-0.2, -0.15) is 0 Å². The molecule has 67 heavy (non-hydrogen) atoms.